The van der Waals surface area contributed by atoms with Gasteiger partial charge in [-0.1, -0.05) is 39.8 Å². The number of nitrogens with one attached hydrogen (secondary N) is 1. The number of anilines is 1. The Morgan fingerprint density at radius 3 is 2.53 bits per heavy atom. The lowest BCUT2D eigenvalue weighted by molar-refractivity contribution is -0.142. The Morgan fingerprint density at radius 2 is 1.85 bits per heavy atom. The highest BCUT2D eigenvalue weighted by molar-refractivity contribution is 5.91. The highest BCUT2D eigenvalue weighted by atomic mass is 19.2. The second kappa shape index (κ2) is 11.4. The number of nitrogens with zero attached hydrogens (tertiary/aromatic N) is 1. The summed E-state index contributed by atoms with van der Waals surface area (Å²) in [5, 5.41) is 14.2. The summed E-state index contributed by atoms with van der Waals surface area (Å²) in [4.78, 5) is 15.5. The van der Waals surface area contributed by atoms with Crippen LogP contribution < -0.4 is 5.32 Å². The third-order valence-electron chi connectivity index (χ3n) is 5.40. The average molecular weight is 473 g/mol. The molecule has 0 aliphatic rings. The van der Waals surface area contributed by atoms with Crippen LogP contribution in [0.2, 0.25) is 0 Å². The minimum absolute atomic E-state index is 0.0712. The Kier molecular flexibility index (Phi) is 9.10. The van der Waals surface area contributed by atoms with Gasteiger partial charge in [-0.3, -0.25) is 4.79 Å². The van der Waals surface area contributed by atoms with Crippen LogP contribution in [0.1, 0.15) is 57.9 Å². The topological polar surface area (TPSA) is 71.5 Å². The molecule has 0 radical (unpaired) electrons. The van der Waals surface area contributed by atoms with E-state index in [1.807, 2.05) is 20.8 Å². The number of hydrogen-bond acceptors (Lipinski definition) is 5. The Morgan fingerprint density at radius 1 is 1.15 bits per heavy atom. The smallest absolute Gasteiger partial charge is 0.303 e. The van der Waals surface area contributed by atoms with E-state index in [-0.39, 0.29) is 25.5 Å². The van der Waals surface area contributed by atoms with Crippen LogP contribution in [0.25, 0.3) is 10.9 Å². The number of carbonyl (C=O) groups excluding carboxylic acids is 1. The number of hydrogen-bond donors (Lipinski definition) is 2. The van der Waals surface area contributed by atoms with Crippen molar-refractivity contribution in [3.63, 3.8) is 0 Å². The summed E-state index contributed by atoms with van der Waals surface area (Å²) in [6.07, 6.45) is -0.215. The third kappa shape index (κ3) is 7.22. The molecule has 0 aliphatic heterocycles. The first kappa shape index (κ1) is 27.2. The number of rotatable bonds is 8. The number of halogens is 2. The molecule has 1 aromatic heterocycles. The SMILES string of the molecule is CC.CC(=O)OCc1ccc2c(NCC(O)(F)CC(C)(C)c3cc(F)ccc3C)cccc2n1. The number of carbonyl (C=O) groups is 1. The molecule has 5 nitrogen and oxygen atoms in total. The second-order valence-electron chi connectivity index (χ2n) is 8.75. The summed E-state index contributed by atoms with van der Waals surface area (Å²) >= 11 is 0. The highest BCUT2D eigenvalue weighted by Gasteiger charge is 2.36. The van der Waals surface area contributed by atoms with Crippen LogP contribution in [-0.4, -0.2) is 28.5 Å². The number of aryl methyl sites for hydroxylation is 1. The van der Waals surface area contributed by atoms with Gasteiger partial charge in [0.15, 0.2) is 0 Å². The zero-order valence-electron chi connectivity index (χ0n) is 20.7. The summed E-state index contributed by atoms with van der Waals surface area (Å²) in [7, 11) is 0. The van der Waals surface area contributed by atoms with E-state index in [9.17, 15) is 14.3 Å². The molecular weight excluding hydrogens is 438 g/mol. The second-order valence-corrected chi connectivity index (χ2v) is 8.75. The van der Waals surface area contributed by atoms with E-state index in [2.05, 4.69) is 10.3 Å². The zero-order chi connectivity index (χ0) is 25.5. The first-order chi connectivity index (χ1) is 16.0. The molecule has 0 spiro atoms. The summed E-state index contributed by atoms with van der Waals surface area (Å²) in [6, 6.07) is 13.3. The highest BCUT2D eigenvalue weighted by Crippen LogP contribution is 2.36. The van der Waals surface area contributed by atoms with Crippen molar-refractivity contribution in [2.24, 2.45) is 0 Å². The van der Waals surface area contributed by atoms with Gasteiger partial charge >= 0.3 is 5.97 Å². The Labute approximate surface area is 200 Å². The normalized spacial score (nSPS) is 13.0. The number of esters is 1. The van der Waals surface area contributed by atoms with E-state index < -0.39 is 17.1 Å². The number of aromatic nitrogens is 1. The lowest BCUT2D eigenvalue weighted by Crippen LogP contribution is -2.39. The third-order valence-corrected chi connectivity index (χ3v) is 5.40. The van der Waals surface area contributed by atoms with Crippen molar-refractivity contribution in [2.45, 2.75) is 65.8 Å². The predicted octanol–water partition coefficient (Wildman–Crippen LogP) is 6.21. The summed E-state index contributed by atoms with van der Waals surface area (Å²) in [5.41, 5.74) is 2.57. The Bertz CT molecular complexity index is 1130. The molecule has 1 heterocycles. The Hall–Kier alpha value is -3.06. The molecule has 1 unspecified atom stereocenters. The first-order valence-electron chi connectivity index (χ1n) is 11.4. The summed E-state index contributed by atoms with van der Waals surface area (Å²) < 4.78 is 33.9. The van der Waals surface area contributed by atoms with Crippen LogP contribution in [0.4, 0.5) is 14.5 Å². The van der Waals surface area contributed by atoms with Gasteiger partial charge in [0, 0.05) is 24.4 Å². The fraction of sp³-hybridized carbons (Fsp3) is 0.407. The van der Waals surface area contributed by atoms with E-state index in [0.29, 0.717) is 22.5 Å². The van der Waals surface area contributed by atoms with Gasteiger partial charge in [0.25, 0.3) is 0 Å². The first-order valence-corrected chi connectivity index (χ1v) is 11.4. The molecule has 0 amide bonds. The van der Waals surface area contributed by atoms with E-state index in [1.165, 1.54) is 19.1 Å². The van der Waals surface area contributed by atoms with Crippen molar-refractivity contribution < 1.29 is 23.4 Å². The molecule has 3 aromatic rings. The van der Waals surface area contributed by atoms with Gasteiger partial charge in [-0.05, 0) is 59.9 Å². The van der Waals surface area contributed by atoms with Gasteiger partial charge in [0.1, 0.15) is 12.4 Å². The van der Waals surface area contributed by atoms with E-state index in [4.69, 9.17) is 4.74 Å². The molecule has 0 bridgehead atoms. The van der Waals surface area contributed by atoms with Crippen molar-refractivity contribution >= 4 is 22.6 Å². The predicted molar refractivity (Wildman–Crippen MR) is 132 cm³/mol. The lowest BCUT2D eigenvalue weighted by Gasteiger charge is -2.33. The molecule has 184 valence electrons. The van der Waals surface area contributed by atoms with Gasteiger partial charge in [-0.15, -0.1) is 0 Å². The minimum Gasteiger partial charge on any atom is -0.459 e. The molecule has 7 heteroatoms. The van der Waals surface area contributed by atoms with Gasteiger partial charge in [-0.25, -0.2) is 13.8 Å². The maximum Gasteiger partial charge on any atom is 0.303 e. The molecule has 0 fully saturated rings. The van der Waals surface area contributed by atoms with Crippen molar-refractivity contribution in [2.75, 3.05) is 11.9 Å². The molecule has 34 heavy (non-hydrogen) atoms. The van der Waals surface area contributed by atoms with Crippen molar-refractivity contribution in [3.05, 3.63) is 71.2 Å². The van der Waals surface area contributed by atoms with Gasteiger partial charge in [-0.2, -0.15) is 0 Å². The summed E-state index contributed by atoms with van der Waals surface area (Å²) in [5.74, 6) is -3.32. The standard InChI is InChI=1S/C25H28F2N2O3.C2H6/c1-16-8-9-18(26)12-21(16)24(3,4)14-25(27,31)15-28-22-6-5-7-23-20(22)11-10-19(29-23)13-32-17(2)30;1-2/h5-12,28,31H,13-15H2,1-4H3;1-2H3. The van der Waals surface area contributed by atoms with Crippen molar-refractivity contribution in [1.29, 1.82) is 0 Å². The van der Waals surface area contributed by atoms with Crippen LogP contribution in [0.15, 0.2) is 48.5 Å². The van der Waals surface area contributed by atoms with Gasteiger partial charge in [0.05, 0.1) is 17.8 Å². The van der Waals surface area contributed by atoms with Gasteiger partial charge in [0.2, 0.25) is 5.85 Å². The maximum atomic E-state index is 15.2. The number of aliphatic hydroxyl groups is 1. The fourth-order valence-electron chi connectivity index (χ4n) is 4.00. The molecule has 2 N–H and O–H groups in total. The van der Waals surface area contributed by atoms with E-state index in [1.54, 1.807) is 50.2 Å². The van der Waals surface area contributed by atoms with E-state index >= 15 is 4.39 Å². The number of pyridine rings is 1. The molecule has 0 aliphatic carbocycles. The molecule has 2 aromatic carbocycles. The fourth-order valence-corrected chi connectivity index (χ4v) is 4.00. The van der Waals surface area contributed by atoms with Crippen LogP contribution in [-0.2, 0) is 21.6 Å². The monoisotopic (exact) mass is 472 g/mol. The van der Waals surface area contributed by atoms with Crippen molar-refractivity contribution in [1.82, 2.24) is 4.98 Å². The average Bonchev–Trinajstić information content (AvgIpc) is 2.78. The van der Waals surface area contributed by atoms with Crippen LogP contribution in [0.5, 0.6) is 0 Å². The largest absolute Gasteiger partial charge is 0.459 e. The quantitative estimate of drug-likeness (QED) is 0.382. The molecule has 0 saturated carbocycles. The molecule has 1 atom stereocenters. The maximum absolute atomic E-state index is 15.2. The van der Waals surface area contributed by atoms with Crippen LogP contribution in [0.3, 0.4) is 0 Å². The minimum atomic E-state index is -2.53. The van der Waals surface area contributed by atoms with Crippen molar-refractivity contribution in [3.8, 4) is 0 Å². The van der Waals surface area contributed by atoms with Crippen LogP contribution >= 0.6 is 0 Å². The summed E-state index contributed by atoms with van der Waals surface area (Å²) in [6.45, 7) is 10.5. The number of benzene rings is 2. The van der Waals surface area contributed by atoms with E-state index in [0.717, 1.165) is 10.9 Å². The Balaban J connectivity index is 0.00000199. The lowest BCUT2D eigenvalue weighted by atomic mass is 9.77. The number of fused-ring (bicyclic) bond motifs is 1. The number of ether oxygens (including phenoxy) is 1. The van der Waals surface area contributed by atoms with Crippen LogP contribution in [0, 0.1) is 12.7 Å². The van der Waals surface area contributed by atoms with Gasteiger partial charge < -0.3 is 15.2 Å². The molecule has 0 saturated heterocycles. The molecule has 3 rings (SSSR count). The zero-order valence-corrected chi connectivity index (χ0v) is 20.7. The number of alkyl halides is 1. The molecular formula is C27H34F2N2O3.